The van der Waals surface area contributed by atoms with Gasteiger partial charge in [-0.15, -0.1) is 0 Å². The summed E-state index contributed by atoms with van der Waals surface area (Å²) in [6.45, 7) is 0.866. The van der Waals surface area contributed by atoms with Gasteiger partial charge in [-0.3, -0.25) is 4.79 Å². The Morgan fingerprint density at radius 3 is 3.07 bits per heavy atom. The summed E-state index contributed by atoms with van der Waals surface area (Å²) in [5, 5.41) is 0. The van der Waals surface area contributed by atoms with E-state index in [2.05, 4.69) is 30.3 Å². The maximum Gasteiger partial charge on any atom is 0.227 e. The van der Waals surface area contributed by atoms with Crippen LogP contribution in [0.3, 0.4) is 0 Å². The molecule has 0 radical (unpaired) electrons. The van der Waals surface area contributed by atoms with Crippen molar-refractivity contribution >= 4 is 5.91 Å². The van der Waals surface area contributed by atoms with E-state index in [-0.39, 0.29) is 11.9 Å². The number of nitrogens with zero attached hydrogens (tertiary/aromatic N) is 1. The van der Waals surface area contributed by atoms with Crippen molar-refractivity contribution in [1.82, 2.24) is 4.90 Å². The van der Waals surface area contributed by atoms with Gasteiger partial charge in [0.05, 0.1) is 6.04 Å². The summed E-state index contributed by atoms with van der Waals surface area (Å²) >= 11 is 0. The van der Waals surface area contributed by atoms with Crippen molar-refractivity contribution in [2.45, 2.75) is 18.9 Å². The van der Waals surface area contributed by atoms with Gasteiger partial charge in [0, 0.05) is 13.0 Å². The van der Waals surface area contributed by atoms with Crippen LogP contribution in [0.2, 0.25) is 0 Å². The fraction of sp³-hybridized carbons (Fsp3) is 0.308. The normalized spacial score (nSPS) is 23.6. The van der Waals surface area contributed by atoms with Crippen molar-refractivity contribution in [3.8, 4) is 0 Å². The highest BCUT2D eigenvalue weighted by Gasteiger charge is 2.30. The number of carbonyl (C=O) groups is 1. The van der Waals surface area contributed by atoms with E-state index in [1.54, 1.807) is 0 Å². The SMILES string of the molecule is O=C1CC=CC2c3ccccc3CCN12. The molecule has 2 aliphatic rings. The molecule has 76 valence electrons. The van der Waals surface area contributed by atoms with Crippen LogP contribution in [0.15, 0.2) is 36.4 Å². The predicted molar refractivity (Wildman–Crippen MR) is 58.4 cm³/mol. The highest BCUT2D eigenvalue weighted by atomic mass is 16.2. The molecule has 1 aromatic rings. The second-order valence-electron chi connectivity index (χ2n) is 4.11. The molecule has 2 heterocycles. The minimum absolute atomic E-state index is 0.191. The van der Waals surface area contributed by atoms with Crippen LogP contribution in [0.4, 0.5) is 0 Å². The van der Waals surface area contributed by atoms with Gasteiger partial charge in [0.2, 0.25) is 5.91 Å². The summed E-state index contributed by atoms with van der Waals surface area (Å²) in [6, 6.07) is 8.61. The van der Waals surface area contributed by atoms with E-state index < -0.39 is 0 Å². The number of hydrogen-bond donors (Lipinski definition) is 0. The molecule has 0 spiro atoms. The van der Waals surface area contributed by atoms with E-state index in [0.717, 1.165) is 13.0 Å². The summed E-state index contributed by atoms with van der Waals surface area (Å²) < 4.78 is 0. The number of amides is 1. The third-order valence-electron chi connectivity index (χ3n) is 3.26. The number of fused-ring (bicyclic) bond motifs is 3. The molecule has 2 heteroatoms. The van der Waals surface area contributed by atoms with E-state index in [1.807, 2.05) is 11.0 Å². The Morgan fingerprint density at radius 2 is 2.13 bits per heavy atom. The van der Waals surface area contributed by atoms with Crippen molar-refractivity contribution < 1.29 is 4.79 Å². The lowest BCUT2D eigenvalue weighted by Gasteiger charge is -2.37. The first-order valence-corrected chi connectivity index (χ1v) is 5.40. The molecule has 1 unspecified atom stereocenters. The van der Waals surface area contributed by atoms with Crippen LogP contribution in [-0.2, 0) is 11.2 Å². The first-order valence-electron chi connectivity index (χ1n) is 5.40. The zero-order chi connectivity index (χ0) is 10.3. The van der Waals surface area contributed by atoms with Crippen LogP contribution in [0.5, 0.6) is 0 Å². The zero-order valence-corrected chi connectivity index (χ0v) is 8.52. The lowest BCUT2D eigenvalue weighted by atomic mass is 9.90. The summed E-state index contributed by atoms with van der Waals surface area (Å²) in [5.74, 6) is 0.261. The summed E-state index contributed by atoms with van der Waals surface area (Å²) in [5.41, 5.74) is 2.69. The van der Waals surface area contributed by atoms with E-state index >= 15 is 0 Å². The fourth-order valence-electron chi connectivity index (χ4n) is 2.50. The topological polar surface area (TPSA) is 20.3 Å². The molecule has 2 nitrogen and oxygen atoms in total. The lowest BCUT2D eigenvalue weighted by Crippen LogP contribution is -2.40. The maximum absolute atomic E-state index is 11.7. The van der Waals surface area contributed by atoms with Gasteiger partial charge in [-0.05, 0) is 17.5 Å². The van der Waals surface area contributed by atoms with Crippen molar-refractivity contribution in [1.29, 1.82) is 0 Å². The molecule has 0 saturated carbocycles. The standard InChI is InChI=1S/C13H13NO/c15-13-7-3-6-12-11-5-2-1-4-10(11)8-9-14(12)13/h1-6,12H,7-9H2. The van der Waals surface area contributed by atoms with Crippen LogP contribution < -0.4 is 0 Å². The Hall–Kier alpha value is -1.57. The highest BCUT2D eigenvalue weighted by Crippen LogP contribution is 2.33. The molecular weight excluding hydrogens is 186 g/mol. The van der Waals surface area contributed by atoms with Crippen LogP contribution in [0.1, 0.15) is 23.6 Å². The van der Waals surface area contributed by atoms with Crippen LogP contribution in [-0.4, -0.2) is 17.4 Å². The van der Waals surface area contributed by atoms with Gasteiger partial charge >= 0.3 is 0 Å². The predicted octanol–water partition coefficient (Wildman–Crippen LogP) is 2.07. The molecule has 1 amide bonds. The minimum atomic E-state index is 0.191. The van der Waals surface area contributed by atoms with E-state index in [4.69, 9.17) is 0 Å². The van der Waals surface area contributed by atoms with Gasteiger partial charge in [0.1, 0.15) is 0 Å². The highest BCUT2D eigenvalue weighted by molar-refractivity contribution is 5.80. The van der Waals surface area contributed by atoms with E-state index in [1.165, 1.54) is 11.1 Å². The van der Waals surface area contributed by atoms with Gasteiger partial charge in [0.25, 0.3) is 0 Å². The Balaban J connectivity index is 2.09. The molecule has 0 N–H and O–H groups in total. The zero-order valence-electron chi connectivity index (χ0n) is 8.52. The number of benzene rings is 1. The van der Waals surface area contributed by atoms with Crippen LogP contribution in [0.25, 0.3) is 0 Å². The number of carbonyl (C=O) groups excluding carboxylic acids is 1. The van der Waals surface area contributed by atoms with Crippen molar-refractivity contribution in [3.05, 3.63) is 47.5 Å². The Bertz CT molecular complexity index is 436. The quantitative estimate of drug-likeness (QED) is 0.586. The Labute approximate surface area is 89.2 Å². The number of rotatable bonds is 0. The van der Waals surface area contributed by atoms with E-state index in [9.17, 15) is 4.79 Å². The van der Waals surface area contributed by atoms with Crippen molar-refractivity contribution in [2.24, 2.45) is 0 Å². The number of hydrogen-bond acceptors (Lipinski definition) is 1. The molecule has 3 rings (SSSR count). The third kappa shape index (κ3) is 1.29. The summed E-state index contributed by atoms with van der Waals surface area (Å²) in [4.78, 5) is 13.7. The molecule has 0 fully saturated rings. The van der Waals surface area contributed by atoms with Crippen LogP contribution >= 0.6 is 0 Å². The van der Waals surface area contributed by atoms with Gasteiger partial charge in [0.15, 0.2) is 0 Å². The second-order valence-corrected chi connectivity index (χ2v) is 4.11. The van der Waals surface area contributed by atoms with Gasteiger partial charge in [-0.25, -0.2) is 0 Å². The minimum Gasteiger partial charge on any atom is -0.332 e. The fourth-order valence-corrected chi connectivity index (χ4v) is 2.50. The van der Waals surface area contributed by atoms with Crippen molar-refractivity contribution in [2.75, 3.05) is 6.54 Å². The molecule has 2 aliphatic heterocycles. The smallest absolute Gasteiger partial charge is 0.227 e. The van der Waals surface area contributed by atoms with Crippen molar-refractivity contribution in [3.63, 3.8) is 0 Å². The van der Waals surface area contributed by atoms with E-state index in [0.29, 0.717) is 6.42 Å². The van der Waals surface area contributed by atoms with Gasteiger partial charge in [-0.1, -0.05) is 36.4 Å². The molecule has 1 atom stereocenters. The lowest BCUT2D eigenvalue weighted by molar-refractivity contribution is -0.132. The maximum atomic E-state index is 11.7. The molecule has 0 aromatic heterocycles. The third-order valence-corrected chi connectivity index (χ3v) is 3.26. The van der Waals surface area contributed by atoms with Crippen LogP contribution in [0, 0.1) is 0 Å². The molecular formula is C13H13NO. The second kappa shape index (κ2) is 3.23. The Morgan fingerprint density at radius 1 is 1.27 bits per heavy atom. The van der Waals surface area contributed by atoms with Gasteiger partial charge < -0.3 is 4.90 Å². The summed E-state index contributed by atoms with van der Waals surface area (Å²) in [6.07, 6.45) is 5.70. The monoisotopic (exact) mass is 199 g/mol. The first kappa shape index (κ1) is 8.72. The first-order chi connectivity index (χ1) is 7.36. The molecule has 1 aromatic carbocycles. The molecule has 0 bridgehead atoms. The molecule has 0 aliphatic carbocycles. The molecule has 0 saturated heterocycles. The Kier molecular flexibility index (Phi) is 1.88. The molecule has 15 heavy (non-hydrogen) atoms. The summed E-state index contributed by atoms with van der Waals surface area (Å²) in [7, 11) is 0. The van der Waals surface area contributed by atoms with Gasteiger partial charge in [-0.2, -0.15) is 0 Å². The average Bonchev–Trinajstić information content (AvgIpc) is 2.29. The average molecular weight is 199 g/mol. The largest absolute Gasteiger partial charge is 0.332 e.